The third kappa shape index (κ3) is 3.11. The van der Waals surface area contributed by atoms with E-state index in [9.17, 15) is 0 Å². The monoisotopic (exact) mass is 239 g/mol. The molecule has 0 unspecified atom stereocenters. The van der Waals surface area contributed by atoms with Crippen molar-refractivity contribution >= 4 is 0 Å². The van der Waals surface area contributed by atoms with E-state index in [0.717, 1.165) is 11.1 Å². The van der Waals surface area contributed by atoms with Crippen molar-refractivity contribution < 1.29 is 14.7 Å². The Kier molecular flexibility index (Phi) is 4.37. The maximum absolute atomic E-state index is 8.85. The highest BCUT2D eigenvalue weighted by Gasteiger charge is 2.19. The van der Waals surface area contributed by atoms with Gasteiger partial charge in [-0.1, -0.05) is 20.8 Å². The average molecular weight is 239 g/mol. The molecule has 0 aliphatic carbocycles. The maximum Gasteiger partial charge on any atom is 0.165 e. The lowest BCUT2D eigenvalue weighted by Gasteiger charge is -2.22. The standard InChI is InChI=1S/C13H21NO3/c1-13(2,3)10-6-9(8-14-15)12(17-5)11(7-10)16-4/h6-7,14-15H,8H2,1-5H3. The number of nitrogens with one attached hydrogen (secondary N) is 1. The molecule has 1 rings (SSSR count). The normalized spacial score (nSPS) is 11.4. The summed E-state index contributed by atoms with van der Waals surface area (Å²) in [7, 11) is 3.20. The highest BCUT2D eigenvalue weighted by atomic mass is 16.5. The fraction of sp³-hybridized carbons (Fsp3) is 0.538. The zero-order valence-corrected chi connectivity index (χ0v) is 11.1. The predicted octanol–water partition coefficient (Wildman–Crippen LogP) is 2.48. The molecule has 4 nitrogen and oxygen atoms in total. The van der Waals surface area contributed by atoms with Crippen LogP contribution in [0.4, 0.5) is 0 Å². The summed E-state index contributed by atoms with van der Waals surface area (Å²) in [6.45, 7) is 6.71. The number of ether oxygens (including phenoxy) is 2. The fourth-order valence-corrected chi connectivity index (χ4v) is 1.69. The molecule has 0 spiro atoms. The van der Waals surface area contributed by atoms with Gasteiger partial charge >= 0.3 is 0 Å². The molecular weight excluding hydrogens is 218 g/mol. The van der Waals surface area contributed by atoms with Gasteiger partial charge in [0.1, 0.15) is 0 Å². The van der Waals surface area contributed by atoms with E-state index in [4.69, 9.17) is 14.7 Å². The van der Waals surface area contributed by atoms with E-state index in [1.165, 1.54) is 0 Å². The molecule has 0 saturated carbocycles. The molecule has 0 aromatic heterocycles. The van der Waals surface area contributed by atoms with Crippen LogP contribution in [0.5, 0.6) is 11.5 Å². The summed E-state index contributed by atoms with van der Waals surface area (Å²) >= 11 is 0. The first-order chi connectivity index (χ1) is 7.93. The van der Waals surface area contributed by atoms with Crippen molar-refractivity contribution in [2.45, 2.75) is 32.7 Å². The second kappa shape index (κ2) is 5.38. The largest absolute Gasteiger partial charge is 0.493 e. The molecule has 17 heavy (non-hydrogen) atoms. The van der Waals surface area contributed by atoms with Crippen LogP contribution in [0.25, 0.3) is 0 Å². The molecule has 0 atom stereocenters. The van der Waals surface area contributed by atoms with Gasteiger partial charge in [-0.3, -0.25) is 0 Å². The Labute approximate surface area is 103 Å². The van der Waals surface area contributed by atoms with Crippen molar-refractivity contribution in [2.75, 3.05) is 14.2 Å². The Hall–Kier alpha value is -1.26. The van der Waals surface area contributed by atoms with Gasteiger partial charge in [0.05, 0.1) is 14.2 Å². The summed E-state index contributed by atoms with van der Waals surface area (Å²) in [5, 5.41) is 8.85. The van der Waals surface area contributed by atoms with E-state index in [1.807, 2.05) is 12.1 Å². The van der Waals surface area contributed by atoms with Gasteiger partial charge in [-0.2, -0.15) is 0 Å². The first kappa shape index (κ1) is 13.8. The van der Waals surface area contributed by atoms with Crippen molar-refractivity contribution in [2.24, 2.45) is 0 Å². The van der Waals surface area contributed by atoms with Gasteiger partial charge in [0.2, 0.25) is 0 Å². The van der Waals surface area contributed by atoms with Crippen LogP contribution in [0.3, 0.4) is 0 Å². The Bertz CT molecular complexity index is 383. The zero-order valence-electron chi connectivity index (χ0n) is 11.1. The summed E-state index contributed by atoms with van der Waals surface area (Å²) in [5.41, 5.74) is 4.18. The molecule has 0 amide bonds. The van der Waals surface area contributed by atoms with Crippen LogP contribution < -0.4 is 15.0 Å². The van der Waals surface area contributed by atoms with Crippen LogP contribution in [-0.2, 0) is 12.0 Å². The molecule has 1 aromatic carbocycles. The smallest absolute Gasteiger partial charge is 0.165 e. The van der Waals surface area contributed by atoms with Gasteiger partial charge < -0.3 is 14.7 Å². The quantitative estimate of drug-likeness (QED) is 0.793. The van der Waals surface area contributed by atoms with E-state index in [1.54, 1.807) is 14.2 Å². The predicted molar refractivity (Wildman–Crippen MR) is 66.9 cm³/mol. The minimum Gasteiger partial charge on any atom is -0.493 e. The van der Waals surface area contributed by atoms with Crippen LogP contribution in [0.2, 0.25) is 0 Å². The Balaban J connectivity index is 3.34. The minimum absolute atomic E-state index is 0.0176. The third-order valence-electron chi connectivity index (χ3n) is 2.69. The second-order valence-corrected chi connectivity index (χ2v) is 4.96. The van der Waals surface area contributed by atoms with Crippen molar-refractivity contribution in [1.82, 2.24) is 5.48 Å². The molecular formula is C13H21NO3. The molecule has 96 valence electrons. The molecule has 0 heterocycles. The Morgan fingerprint density at radius 3 is 2.24 bits per heavy atom. The summed E-state index contributed by atoms with van der Waals surface area (Å²) in [6, 6.07) is 3.99. The SMILES string of the molecule is COc1cc(C(C)(C)C)cc(CNO)c1OC. The summed E-state index contributed by atoms with van der Waals surface area (Å²) < 4.78 is 10.6. The fourth-order valence-electron chi connectivity index (χ4n) is 1.69. The van der Waals surface area contributed by atoms with E-state index < -0.39 is 0 Å². The lowest BCUT2D eigenvalue weighted by atomic mass is 9.85. The number of hydrogen-bond donors (Lipinski definition) is 2. The Morgan fingerprint density at radius 2 is 1.82 bits per heavy atom. The molecule has 0 aliphatic heterocycles. The van der Waals surface area contributed by atoms with Gasteiger partial charge in [-0.15, -0.1) is 0 Å². The molecule has 0 radical (unpaired) electrons. The summed E-state index contributed by atoms with van der Waals surface area (Å²) in [4.78, 5) is 0. The van der Waals surface area contributed by atoms with Gasteiger partial charge in [0.15, 0.2) is 11.5 Å². The molecule has 1 aromatic rings. The van der Waals surface area contributed by atoms with E-state index in [0.29, 0.717) is 18.0 Å². The zero-order chi connectivity index (χ0) is 13.1. The van der Waals surface area contributed by atoms with Gasteiger partial charge in [0, 0.05) is 12.1 Å². The lowest BCUT2D eigenvalue weighted by Crippen LogP contribution is -2.14. The van der Waals surface area contributed by atoms with Crippen LogP contribution in [0.1, 0.15) is 31.9 Å². The number of rotatable bonds is 4. The van der Waals surface area contributed by atoms with Crippen LogP contribution in [0, 0.1) is 0 Å². The molecule has 0 fully saturated rings. The topological polar surface area (TPSA) is 50.7 Å². The molecule has 0 saturated heterocycles. The van der Waals surface area contributed by atoms with Crippen LogP contribution in [-0.4, -0.2) is 19.4 Å². The first-order valence-corrected chi connectivity index (χ1v) is 5.56. The van der Waals surface area contributed by atoms with Crippen molar-refractivity contribution in [3.8, 4) is 11.5 Å². The van der Waals surface area contributed by atoms with Crippen molar-refractivity contribution in [1.29, 1.82) is 0 Å². The maximum atomic E-state index is 8.85. The van der Waals surface area contributed by atoms with Crippen molar-refractivity contribution in [3.05, 3.63) is 23.3 Å². The van der Waals surface area contributed by atoms with E-state index in [2.05, 4.69) is 26.3 Å². The first-order valence-electron chi connectivity index (χ1n) is 5.56. The summed E-state index contributed by atoms with van der Waals surface area (Å²) in [6.07, 6.45) is 0. The molecule has 0 aliphatic rings. The lowest BCUT2D eigenvalue weighted by molar-refractivity contribution is 0.160. The minimum atomic E-state index is 0.0176. The molecule has 2 N–H and O–H groups in total. The number of hydrogen-bond acceptors (Lipinski definition) is 4. The Morgan fingerprint density at radius 1 is 1.18 bits per heavy atom. The van der Waals surface area contributed by atoms with Gasteiger partial charge in [-0.25, -0.2) is 5.48 Å². The average Bonchev–Trinajstić information content (AvgIpc) is 2.27. The summed E-state index contributed by atoms with van der Waals surface area (Å²) in [5.74, 6) is 1.34. The van der Waals surface area contributed by atoms with Gasteiger partial charge in [0.25, 0.3) is 0 Å². The van der Waals surface area contributed by atoms with Crippen molar-refractivity contribution in [3.63, 3.8) is 0 Å². The van der Waals surface area contributed by atoms with E-state index in [-0.39, 0.29) is 5.41 Å². The molecule has 0 bridgehead atoms. The number of hydroxylamine groups is 1. The highest BCUT2D eigenvalue weighted by molar-refractivity contribution is 5.51. The van der Waals surface area contributed by atoms with E-state index >= 15 is 0 Å². The number of methoxy groups -OCH3 is 2. The number of benzene rings is 1. The molecule has 4 heteroatoms. The van der Waals surface area contributed by atoms with Crippen LogP contribution >= 0.6 is 0 Å². The highest BCUT2D eigenvalue weighted by Crippen LogP contribution is 2.36. The third-order valence-corrected chi connectivity index (χ3v) is 2.69. The second-order valence-electron chi connectivity index (χ2n) is 4.96. The van der Waals surface area contributed by atoms with Crippen LogP contribution in [0.15, 0.2) is 12.1 Å². The van der Waals surface area contributed by atoms with Gasteiger partial charge in [-0.05, 0) is 23.1 Å².